The van der Waals surface area contributed by atoms with Crippen LogP contribution in [-0.2, 0) is 19.0 Å². The molecule has 0 rings (SSSR count). The third-order valence-electron chi connectivity index (χ3n) is 1.86. The van der Waals surface area contributed by atoms with Gasteiger partial charge in [0.1, 0.15) is 24.4 Å². The smallest absolute Gasteiger partial charge is 0.151 e. The number of methoxy groups -OCH3 is 3. The molecule has 0 radical (unpaired) electrons. The molecule has 6 nitrogen and oxygen atoms in total. The van der Waals surface area contributed by atoms with E-state index in [0.29, 0.717) is 0 Å². The Bertz CT molecular complexity index is 220. The van der Waals surface area contributed by atoms with Gasteiger partial charge in [-0.1, -0.05) is 0 Å². The van der Waals surface area contributed by atoms with Gasteiger partial charge >= 0.3 is 0 Å². The highest BCUT2D eigenvalue weighted by atomic mass is 16.5. The van der Waals surface area contributed by atoms with Crippen molar-refractivity contribution < 1.29 is 33.3 Å². The summed E-state index contributed by atoms with van der Waals surface area (Å²) in [6.07, 6.45) is -5.15. The van der Waals surface area contributed by atoms with Crippen molar-refractivity contribution in [3.05, 3.63) is 0 Å². The Hall–Kier alpha value is -0.530. The first kappa shape index (κ1) is 9.68. The number of aldehydes is 1. The lowest BCUT2D eigenvalue weighted by atomic mass is 10.0. The van der Waals surface area contributed by atoms with Crippen LogP contribution in [0.2, 0.25) is 0 Å². The maximum Gasteiger partial charge on any atom is 0.151 e. The lowest BCUT2D eigenvalue weighted by Gasteiger charge is -2.28. The third-order valence-corrected chi connectivity index (χ3v) is 1.86. The second-order valence-electron chi connectivity index (χ2n) is 2.83. The van der Waals surface area contributed by atoms with Crippen molar-refractivity contribution in [2.24, 2.45) is 0 Å². The van der Waals surface area contributed by atoms with Gasteiger partial charge in [0.25, 0.3) is 0 Å². The zero-order valence-electron chi connectivity index (χ0n) is 11.2. The molecule has 15 heavy (non-hydrogen) atoms. The quantitative estimate of drug-likeness (QED) is 0.493. The fraction of sp³-hybridized carbons (Fsp3) is 0.889. The highest BCUT2D eigenvalue weighted by Gasteiger charge is 2.32. The van der Waals surface area contributed by atoms with E-state index in [9.17, 15) is 15.0 Å². The lowest BCUT2D eigenvalue weighted by Crippen LogP contribution is -2.48. The van der Waals surface area contributed by atoms with E-state index in [4.69, 9.17) is 8.85 Å². The first-order chi connectivity index (χ1) is 8.62. The van der Waals surface area contributed by atoms with Gasteiger partial charge in [0.2, 0.25) is 0 Å². The molecule has 0 bridgehead atoms. The first-order valence-corrected chi connectivity index (χ1v) is 4.12. The van der Waals surface area contributed by atoms with Gasteiger partial charge in [0.05, 0.1) is 10.7 Å². The summed E-state index contributed by atoms with van der Waals surface area (Å²) in [6.45, 7) is -0.280. The summed E-state index contributed by atoms with van der Waals surface area (Å²) in [5, 5.41) is 19.4. The van der Waals surface area contributed by atoms with E-state index < -0.39 is 38.6 Å². The number of carbonyl (C=O) groups excluding carboxylic acids is 1. The molecule has 0 aromatic carbocycles. The van der Waals surface area contributed by atoms with Crippen LogP contribution in [0.1, 0.15) is 4.11 Å². The van der Waals surface area contributed by atoms with Gasteiger partial charge in [-0.2, -0.15) is 0 Å². The number of aliphatic hydroxyl groups excluding tert-OH is 2. The molecule has 6 heteroatoms. The second kappa shape index (κ2) is 7.72. The van der Waals surface area contributed by atoms with Crippen molar-refractivity contribution in [3.8, 4) is 0 Å². The molecule has 0 heterocycles. The zero-order valence-corrected chi connectivity index (χ0v) is 8.24. The van der Waals surface area contributed by atoms with E-state index in [0.717, 1.165) is 0 Å². The number of aliphatic hydroxyl groups is 2. The molecule has 0 aromatic heterocycles. The minimum absolute atomic E-state index is 0.280. The Morgan fingerprint density at radius 2 is 2.07 bits per heavy atom. The molecule has 0 aliphatic carbocycles. The molecule has 0 fully saturated rings. The van der Waals surface area contributed by atoms with E-state index in [1.54, 1.807) is 0 Å². The molecule has 0 aromatic rings. The summed E-state index contributed by atoms with van der Waals surface area (Å²) in [5.74, 6) is 0. The van der Waals surface area contributed by atoms with Gasteiger partial charge in [0.15, 0.2) is 6.29 Å². The van der Waals surface area contributed by atoms with Gasteiger partial charge in [-0.25, -0.2) is 0 Å². The summed E-state index contributed by atoms with van der Waals surface area (Å²) in [4.78, 5) is 10.7. The highest BCUT2D eigenvalue weighted by molar-refractivity contribution is 5.57. The predicted molar refractivity (Wildman–Crippen MR) is 51.5 cm³/mol. The summed E-state index contributed by atoms with van der Waals surface area (Å²) < 4.78 is 34.6. The molecule has 2 N–H and O–H groups in total. The molecular formula is C9H18O6. The molecule has 0 saturated heterocycles. The van der Waals surface area contributed by atoms with E-state index in [2.05, 4.69) is 9.47 Å². The molecule has 90 valence electrons. The van der Waals surface area contributed by atoms with Gasteiger partial charge in [-0.3, -0.25) is 0 Å². The Balaban J connectivity index is 4.57. The second-order valence-corrected chi connectivity index (χ2v) is 2.83. The monoisotopic (exact) mass is 225 g/mol. The van der Waals surface area contributed by atoms with Crippen molar-refractivity contribution in [1.29, 1.82) is 0 Å². The Labute approximate surface area is 93.0 Å². The van der Waals surface area contributed by atoms with Crippen LogP contribution < -0.4 is 0 Å². The normalized spacial score (nSPS) is 21.9. The summed E-state index contributed by atoms with van der Waals surface area (Å²) in [7, 11) is -1.44. The molecule has 0 amide bonds. The molecule has 0 aliphatic rings. The van der Waals surface area contributed by atoms with Gasteiger partial charge in [-0.15, -0.1) is 0 Å². The molecule has 0 unspecified atom stereocenters. The fourth-order valence-corrected chi connectivity index (χ4v) is 1.06. The molecule has 4 atom stereocenters. The van der Waals surface area contributed by atoms with Crippen LogP contribution in [0.5, 0.6) is 0 Å². The SMILES string of the molecule is [2H]COC[C@@H](O)[C@H](OC[2H])[C@H](O)[C@H](C=O)OC[2H]. The van der Waals surface area contributed by atoms with Crippen LogP contribution in [0.25, 0.3) is 0 Å². The lowest BCUT2D eigenvalue weighted by molar-refractivity contribution is -0.148. The fourth-order valence-electron chi connectivity index (χ4n) is 1.06. The summed E-state index contributed by atoms with van der Waals surface area (Å²) in [5.41, 5.74) is 0. The molecular weight excluding hydrogens is 204 g/mol. The van der Waals surface area contributed by atoms with Crippen LogP contribution >= 0.6 is 0 Å². The van der Waals surface area contributed by atoms with E-state index >= 15 is 0 Å². The average Bonchev–Trinajstić information content (AvgIpc) is 2.38. The summed E-state index contributed by atoms with van der Waals surface area (Å²) in [6, 6.07) is 0. The van der Waals surface area contributed by atoms with E-state index in [-0.39, 0.29) is 20.0 Å². The Morgan fingerprint density at radius 3 is 2.60 bits per heavy atom. The minimum atomic E-state index is -1.53. The van der Waals surface area contributed by atoms with Crippen molar-refractivity contribution in [3.63, 3.8) is 0 Å². The number of rotatable bonds is 8. The third kappa shape index (κ3) is 4.23. The van der Waals surface area contributed by atoms with Crippen LogP contribution in [0, 0.1) is 0 Å². The Morgan fingerprint density at radius 1 is 1.33 bits per heavy atom. The van der Waals surface area contributed by atoms with Crippen molar-refractivity contribution in [1.82, 2.24) is 0 Å². The van der Waals surface area contributed by atoms with Gasteiger partial charge < -0.3 is 29.2 Å². The Kier molecular flexibility index (Phi) is 4.98. The van der Waals surface area contributed by atoms with Crippen molar-refractivity contribution in [2.75, 3.05) is 27.9 Å². The van der Waals surface area contributed by atoms with E-state index in [1.165, 1.54) is 0 Å². The maximum absolute atomic E-state index is 10.7. The van der Waals surface area contributed by atoms with Crippen LogP contribution in [0.4, 0.5) is 0 Å². The standard InChI is InChI=1S/C9H18O6/c1-13-5-6(11)9(15-3)8(12)7(4-10)14-2/h4,6-9,11-12H,5H2,1-3H3/t6-,7+,8-,9+/m1/s1/i1D,2D,3D. The number of ether oxygens (including phenoxy) is 3. The molecule has 0 aliphatic heterocycles. The minimum Gasteiger partial charge on any atom is -0.388 e. The number of carbonyl (C=O) groups is 1. The largest absolute Gasteiger partial charge is 0.388 e. The van der Waals surface area contributed by atoms with Gasteiger partial charge in [0, 0.05) is 21.3 Å². The van der Waals surface area contributed by atoms with Crippen LogP contribution in [-0.4, -0.2) is 68.8 Å². The number of hydrogen-bond donors (Lipinski definition) is 2. The molecule has 0 spiro atoms. The van der Waals surface area contributed by atoms with Crippen LogP contribution in [0.3, 0.4) is 0 Å². The predicted octanol–water partition coefficient (Wildman–Crippen LogP) is -1.42. The zero-order chi connectivity index (χ0) is 14.0. The van der Waals surface area contributed by atoms with Crippen molar-refractivity contribution >= 4 is 6.29 Å². The van der Waals surface area contributed by atoms with Gasteiger partial charge in [-0.05, 0) is 0 Å². The molecule has 0 saturated carbocycles. The van der Waals surface area contributed by atoms with E-state index in [1.807, 2.05) is 0 Å². The summed E-state index contributed by atoms with van der Waals surface area (Å²) >= 11 is 0. The van der Waals surface area contributed by atoms with Crippen molar-refractivity contribution in [2.45, 2.75) is 24.4 Å². The maximum atomic E-state index is 10.7. The number of hydrogen-bond acceptors (Lipinski definition) is 6. The van der Waals surface area contributed by atoms with Crippen LogP contribution in [0.15, 0.2) is 0 Å². The topological polar surface area (TPSA) is 85.2 Å². The highest BCUT2D eigenvalue weighted by Crippen LogP contribution is 2.10. The average molecular weight is 225 g/mol. The first-order valence-electron chi connectivity index (χ1n) is 6.24.